The van der Waals surface area contributed by atoms with E-state index in [1.165, 1.54) is 0 Å². The molecule has 0 saturated carbocycles. The van der Waals surface area contributed by atoms with Gasteiger partial charge in [-0.05, 0) is 55.8 Å². The van der Waals surface area contributed by atoms with Crippen molar-refractivity contribution in [1.82, 2.24) is 14.9 Å². The van der Waals surface area contributed by atoms with Crippen LogP contribution in [0, 0.1) is 6.92 Å². The van der Waals surface area contributed by atoms with Crippen molar-refractivity contribution >= 4 is 26.7 Å². The summed E-state index contributed by atoms with van der Waals surface area (Å²) in [6, 6.07) is 4.17. The smallest absolute Gasteiger partial charge is 0.270 e. The van der Waals surface area contributed by atoms with Gasteiger partial charge in [-0.1, -0.05) is 13.0 Å². The Morgan fingerprint density at radius 3 is 2.73 bits per heavy atom. The van der Waals surface area contributed by atoms with E-state index < -0.39 is 5.34 Å². The molecule has 4 nitrogen and oxygen atoms in total. The number of hydrogen-bond acceptors (Lipinski definition) is 3. The molecule has 1 aliphatic rings. The number of nitrogens with one attached hydrogen (secondary N) is 1. The number of fused-ring (bicyclic) bond motifs is 1. The minimum Gasteiger partial charge on any atom is -0.319 e. The van der Waals surface area contributed by atoms with Crippen LogP contribution in [0.15, 0.2) is 16.9 Å². The largest absolute Gasteiger partial charge is 0.319 e. The van der Waals surface area contributed by atoms with Gasteiger partial charge >= 0.3 is 0 Å². The lowest BCUT2D eigenvalue weighted by molar-refractivity contribution is 0.0668. The van der Waals surface area contributed by atoms with Gasteiger partial charge in [0.2, 0.25) is 0 Å². The molecule has 22 heavy (non-hydrogen) atoms. The predicted octanol–water partition coefficient (Wildman–Crippen LogP) is 1.34. The van der Waals surface area contributed by atoms with E-state index in [1.807, 2.05) is 26.0 Å². The highest BCUT2D eigenvalue weighted by atomic mass is 16.1. The Kier molecular flexibility index (Phi) is 3.68. The first-order valence-electron chi connectivity index (χ1n) is 7.73. The third kappa shape index (κ3) is 2.21. The summed E-state index contributed by atoms with van der Waals surface area (Å²) in [7, 11) is 12.8. The van der Waals surface area contributed by atoms with Gasteiger partial charge in [-0.2, -0.15) is 0 Å². The summed E-state index contributed by atoms with van der Waals surface area (Å²) in [5, 5.41) is -1.03. The molecule has 3 rings (SSSR count). The van der Waals surface area contributed by atoms with Gasteiger partial charge in [0.15, 0.2) is 0 Å². The normalized spacial score (nSPS) is 19.3. The maximum Gasteiger partial charge on any atom is 0.270 e. The molecule has 2 heterocycles. The number of aromatic nitrogens is 2. The summed E-state index contributed by atoms with van der Waals surface area (Å²) in [6.07, 6.45) is 1.70. The van der Waals surface area contributed by atoms with Gasteiger partial charge in [0.05, 0.1) is 26.7 Å². The molecule has 110 valence electrons. The molecule has 1 atom stereocenters. The third-order valence-electron chi connectivity index (χ3n) is 4.76. The van der Waals surface area contributed by atoms with Crippen LogP contribution in [-0.2, 0) is 11.8 Å². The van der Waals surface area contributed by atoms with Crippen LogP contribution in [0.4, 0.5) is 0 Å². The first-order valence-corrected chi connectivity index (χ1v) is 7.73. The number of hydrogen-bond donors (Lipinski definition) is 1. The van der Waals surface area contributed by atoms with Crippen LogP contribution < -0.4 is 5.56 Å². The molecule has 1 aromatic heterocycles. The second-order valence-electron chi connectivity index (χ2n) is 6.15. The summed E-state index contributed by atoms with van der Waals surface area (Å²) in [4.78, 5) is 21.5. The Morgan fingerprint density at radius 1 is 1.45 bits per heavy atom. The average Bonchev–Trinajstić information content (AvgIpc) is 2.45. The van der Waals surface area contributed by atoms with Crippen LogP contribution in [0.5, 0.6) is 0 Å². The zero-order valence-electron chi connectivity index (χ0n) is 13.3. The summed E-state index contributed by atoms with van der Waals surface area (Å²) in [5.74, 6) is 0. The van der Waals surface area contributed by atoms with Crippen LogP contribution in [0.3, 0.4) is 0 Å². The number of aryl methyl sites for hydroxylation is 2. The Hall–Kier alpha value is -1.55. The van der Waals surface area contributed by atoms with Crippen LogP contribution in [0.2, 0.25) is 0 Å². The summed E-state index contributed by atoms with van der Waals surface area (Å²) in [6.45, 7) is 6.85. The third-order valence-corrected chi connectivity index (χ3v) is 4.76. The van der Waals surface area contributed by atoms with Gasteiger partial charge in [0.25, 0.3) is 5.56 Å². The fourth-order valence-corrected chi connectivity index (χ4v) is 3.22. The zero-order chi connectivity index (χ0) is 16.1. The van der Waals surface area contributed by atoms with Crippen molar-refractivity contribution in [2.45, 2.75) is 45.0 Å². The Morgan fingerprint density at radius 2 is 2.18 bits per heavy atom. The predicted molar refractivity (Wildman–Crippen MR) is 90.4 cm³/mol. The van der Waals surface area contributed by atoms with Crippen LogP contribution in [0.1, 0.15) is 37.1 Å². The molecule has 0 bridgehead atoms. The van der Waals surface area contributed by atoms with Gasteiger partial charge in [0.1, 0.15) is 5.69 Å². The lowest BCUT2D eigenvalue weighted by Gasteiger charge is -2.51. The molecule has 4 radical (unpaired) electrons. The van der Waals surface area contributed by atoms with E-state index in [0.29, 0.717) is 23.7 Å². The monoisotopic (exact) mass is 291 g/mol. The number of likely N-dealkylation sites (tertiary alicyclic amines) is 1. The van der Waals surface area contributed by atoms with Crippen LogP contribution >= 0.6 is 0 Å². The summed E-state index contributed by atoms with van der Waals surface area (Å²) in [5.41, 5.74) is 3.59. The fourth-order valence-electron chi connectivity index (χ4n) is 3.22. The SMILES string of the molecule is [B]C([B])(c1ccc2nc(CC)c(=O)[nH]c2c1C)N1CC[C@H]1C. The van der Waals surface area contributed by atoms with Gasteiger partial charge < -0.3 is 9.88 Å². The second kappa shape index (κ2) is 5.27. The lowest BCUT2D eigenvalue weighted by atomic mass is 9.54. The minimum atomic E-state index is -1.03. The van der Waals surface area contributed by atoms with Crippen LogP contribution in [-0.4, -0.2) is 43.1 Å². The van der Waals surface area contributed by atoms with E-state index >= 15 is 0 Å². The Bertz CT molecular complexity index is 785. The van der Waals surface area contributed by atoms with Crippen molar-refractivity contribution in [2.24, 2.45) is 0 Å². The van der Waals surface area contributed by atoms with E-state index in [9.17, 15) is 4.79 Å². The van der Waals surface area contributed by atoms with Gasteiger partial charge in [-0.3, -0.25) is 4.79 Å². The first-order chi connectivity index (χ1) is 10.4. The van der Waals surface area contributed by atoms with Crippen LogP contribution in [0.25, 0.3) is 11.0 Å². The maximum absolute atomic E-state index is 12.0. The molecule has 1 N–H and O–H groups in total. The van der Waals surface area contributed by atoms with Gasteiger partial charge in [-0.15, -0.1) is 0 Å². The fraction of sp³-hybridized carbons (Fsp3) is 0.500. The highest BCUT2D eigenvalue weighted by Gasteiger charge is 2.37. The average molecular weight is 291 g/mol. The lowest BCUT2D eigenvalue weighted by Crippen LogP contribution is -2.59. The standard InChI is InChI=1S/C16H19B2N3O/c1-4-12-15(22)20-14-10(3)11(5-6-13(14)19-12)16(17,18)21-8-7-9(21)2/h5-6,9H,4,7-8H2,1-3H3,(H,20,22)/t9-/m1/s1. The number of rotatable bonds is 3. The molecule has 1 aliphatic heterocycles. The van der Waals surface area contributed by atoms with Crippen molar-refractivity contribution in [3.05, 3.63) is 39.3 Å². The topological polar surface area (TPSA) is 49.0 Å². The van der Waals surface area contributed by atoms with Gasteiger partial charge in [0, 0.05) is 6.04 Å². The summed E-state index contributed by atoms with van der Waals surface area (Å²) < 4.78 is 0. The minimum absolute atomic E-state index is 0.146. The van der Waals surface area contributed by atoms with Crippen molar-refractivity contribution in [3.63, 3.8) is 0 Å². The molecule has 0 unspecified atom stereocenters. The van der Waals surface area contributed by atoms with Gasteiger partial charge in [-0.25, -0.2) is 4.98 Å². The molecular weight excluding hydrogens is 272 g/mol. The van der Waals surface area contributed by atoms with E-state index in [2.05, 4.69) is 21.8 Å². The second-order valence-corrected chi connectivity index (χ2v) is 6.15. The van der Waals surface area contributed by atoms with Crippen molar-refractivity contribution < 1.29 is 0 Å². The molecule has 0 spiro atoms. The Labute approximate surface area is 133 Å². The quantitative estimate of drug-likeness (QED) is 0.868. The molecule has 0 aliphatic carbocycles. The van der Waals surface area contributed by atoms with E-state index in [0.717, 1.165) is 29.6 Å². The van der Waals surface area contributed by atoms with Crippen molar-refractivity contribution in [3.8, 4) is 0 Å². The molecule has 6 heteroatoms. The van der Waals surface area contributed by atoms with E-state index in [4.69, 9.17) is 15.7 Å². The molecule has 1 aromatic carbocycles. The highest BCUT2D eigenvalue weighted by molar-refractivity contribution is 6.40. The number of benzene rings is 1. The number of nitrogens with zero attached hydrogens (tertiary/aromatic N) is 2. The zero-order valence-corrected chi connectivity index (χ0v) is 13.3. The molecule has 2 aromatic rings. The first kappa shape index (κ1) is 15.3. The maximum atomic E-state index is 12.0. The van der Waals surface area contributed by atoms with Crippen molar-refractivity contribution in [1.29, 1.82) is 0 Å². The Balaban J connectivity index is 2.16. The number of H-pyrrole nitrogens is 1. The number of aromatic amines is 1. The molecule has 1 fully saturated rings. The van der Waals surface area contributed by atoms with Crippen molar-refractivity contribution in [2.75, 3.05) is 6.54 Å². The van der Waals surface area contributed by atoms with E-state index in [1.54, 1.807) is 0 Å². The molecule has 1 saturated heterocycles. The van der Waals surface area contributed by atoms with E-state index in [-0.39, 0.29) is 5.56 Å². The molecular formula is C16H19B2N3O. The molecule has 0 amide bonds. The highest BCUT2D eigenvalue weighted by Crippen LogP contribution is 2.34. The summed E-state index contributed by atoms with van der Waals surface area (Å²) >= 11 is 0.